The lowest BCUT2D eigenvalue weighted by molar-refractivity contribution is -0.142. The van der Waals surface area contributed by atoms with Crippen molar-refractivity contribution >= 4 is 22.9 Å². The summed E-state index contributed by atoms with van der Waals surface area (Å²) in [5, 5.41) is 18.5. The quantitative estimate of drug-likeness (QED) is 0.545. The Hall–Kier alpha value is -2.88. The third-order valence-corrected chi connectivity index (χ3v) is 3.61. The molecular formula is C12H13N5O5. The summed E-state index contributed by atoms with van der Waals surface area (Å²) in [5.74, 6) is -1.06. The van der Waals surface area contributed by atoms with Crippen LogP contribution < -0.4 is 11.2 Å². The van der Waals surface area contributed by atoms with Gasteiger partial charge in [0.2, 0.25) is 5.78 Å². The lowest BCUT2D eigenvalue weighted by Crippen LogP contribution is -2.28. The maximum atomic E-state index is 12.0. The molecule has 10 heteroatoms. The molecule has 116 valence electrons. The second-order valence-electron chi connectivity index (χ2n) is 4.95. The van der Waals surface area contributed by atoms with E-state index in [0.717, 1.165) is 4.57 Å². The maximum Gasteiger partial charge on any atom is 0.329 e. The Balaban J connectivity index is 2.50. The van der Waals surface area contributed by atoms with E-state index in [-0.39, 0.29) is 16.9 Å². The molecule has 3 aromatic heterocycles. The Kier molecular flexibility index (Phi) is 2.92. The highest BCUT2D eigenvalue weighted by Crippen LogP contribution is 2.20. The zero-order chi connectivity index (χ0) is 16.2. The number of aliphatic hydroxyl groups excluding tert-OH is 1. The number of hydrogen-bond acceptors (Lipinski definition) is 5. The number of imidazole rings is 2. The number of nitrogens with zero attached hydrogens (tertiary/aromatic N) is 4. The van der Waals surface area contributed by atoms with E-state index in [4.69, 9.17) is 0 Å². The van der Waals surface area contributed by atoms with Crippen molar-refractivity contribution in [1.29, 1.82) is 0 Å². The van der Waals surface area contributed by atoms with Gasteiger partial charge < -0.3 is 10.2 Å². The summed E-state index contributed by atoms with van der Waals surface area (Å²) in [6, 6.07) is -1.23. The van der Waals surface area contributed by atoms with Crippen LogP contribution in [0.25, 0.3) is 16.9 Å². The van der Waals surface area contributed by atoms with Gasteiger partial charge in [0.25, 0.3) is 5.56 Å². The molecule has 10 nitrogen and oxygen atoms in total. The van der Waals surface area contributed by atoms with E-state index in [9.17, 15) is 24.6 Å². The van der Waals surface area contributed by atoms with Crippen molar-refractivity contribution in [3.63, 3.8) is 0 Å². The van der Waals surface area contributed by atoms with Crippen LogP contribution >= 0.6 is 0 Å². The number of aliphatic hydroxyl groups is 1. The Morgan fingerprint density at radius 3 is 2.73 bits per heavy atom. The molecule has 0 saturated carbocycles. The van der Waals surface area contributed by atoms with E-state index in [1.54, 1.807) is 6.92 Å². The molecule has 0 amide bonds. The summed E-state index contributed by atoms with van der Waals surface area (Å²) >= 11 is 0. The van der Waals surface area contributed by atoms with Crippen LogP contribution in [-0.4, -0.2) is 46.3 Å². The highest BCUT2D eigenvalue weighted by molar-refractivity contribution is 5.78. The number of carbonyl (C=O) groups is 1. The minimum atomic E-state index is -1.23. The number of aryl methyl sites for hydroxylation is 2. The van der Waals surface area contributed by atoms with Crippen molar-refractivity contribution in [3.8, 4) is 0 Å². The van der Waals surface area contributed by atoms with Gasteiger partial charge in [-0.3, -0.25) is 23.3 Å². The summed E-state index contributed by atoms with van der Waals surface area (Å²) in [5.41, 5.74) is -0.434. The van der Waals surface area contributed by atoms with Crippen LogP contribution in [0.4, 0.5) is 0 Å². The molecule has 0 radical (unpaired) electrons. The molecule has 0 spiro atoms. The summed E-state index contributed by atoms with van der Waals surface area (Å²) in [4.78, 5) is 41.3. The van der Waals surface area contributed by atoms with Crippen LogP contribution in [0.2, 0.25) is 0 Å². The normalized spacial score (nSPS) is 13.0. The number of nitrogens with one attached hydrogen (secondary N) is 1. The van der Waals surface area contributed by atoms with Crippen LogP contribution in [-0.2, 0) is 11.8 Å². The van der Waals surface area contributed by atoms with Gasteiger partial charge in [-0.2, -0.15) is 4.98 Å². The largest absolute Gasteiger partial charge is 0.480 e. The molecule has 0 fully saturated rings. The molecule has 0 aliphatic carbocycles. The molecule has 22 heavy (non-hydrogen) atoms. The number of aromatic nitrogens is 5. The third kappa shape index (κ3) is 1.70. The van der Waals surface area contributed by atoms with E-state index in [1.807, 2.05) is 0 Å². The van der Waals surface area contributed by atoms with Crippen molar-refractivity contribution < 1.29 is 15.0 Å². The second-order valence-corrected chi connectivity index (χ2v) is 4.95. The molecule has 3 heterocycles. The third-order valence-electron chi connectivity index (χ3n) is 3.61. The zero-order valence-electron chi connectivity index (χ0n) is 11.8. The lowest BCUT2D eigenvalue weighted by Gasteiger charge is -2.12. The average Bonchev–Trinajstić information content (AvgIpc) is 2.94. The summed E-state index contributed by atoms with van der Waals surface area (Å²) in [7, 11) is 1.45. The summed E-state index contributed by atoms with van der Waals surface area (Å²) in [6.07, 6.45) is 1.54. The highest BCUT2D eigenvalue weighted by atomic mass is 16.4. The van der Waals surface area contributed by atoms with Gasteiger partial charge in [0.15, 0.2) is 17.2 Å². The molecule has 3 N–H and O–H groups in total. The van der Waals surface area contributed by atoms with E-state index in [0.29, 0.717) is 5.69 Å². The fraction of sp³-hybridized carbons (Fsp3) is 0.333. The van der Waals surface area contributed by atoms with E-state index < -0.39 is 29.9 Å². The van der Waals surface area contributed by atoms with Gasteiger partial charge in [0.1, 0.15) is 0 Å². The Bertz CT molecular complexity index is 1020. The van der Waals surface area contributed by atoms with Gasteiger partial charge in [-0.1, -0.05) is 0 Å². The highest BCUT2D eigenvalue weighted by Gasteiger charge is 2.25. The number of carboxylic acid groups (broad SMARTS) is 1. The van der Waals surface area contributed by atoms with Gasteiger partial charge in [0, 0.05) is 18.9 Å². The number of rotatable bonds is 3. The van der Waals surface area contributed by atoms with Crippen LogP contribution in [0.1, 0.15) is 11.7 Å². The molecule has 0 aromatic carbocycles. The predicted molar refractivity (Wildman–Crippen MR) is 75.0 cm³/mol. The molecular weight excluding hydrogens is 294 g/mol. The fourth-order valence-electron chi connectivity index (χ4n) is 2.54. The van der Waals surface area contributed by atoms with Crippen molar-refractivity contribution in [2.24, 2.45) is 7.05 Å². The minimum Gasteiger partial charge on any atom is -0.480 e. The smallest absolute Gasteiger partial charge is 0.329 e. The van der Waals surface area contributed by atoms with Crippen molar-refractivity contribution in [3.05, 3.63) is 32.7 Å². The molecule has 3 rings (SSSR count). The van der Waals surface area contributed by atoms with Crippen LogP contribution in [0.15, 0.2) is 15.8 Å². The van der Waals surface area contributed by atoms with Crippen molar-refractivity contribution in [2.45, 2.75) is 13.0 Å². The number of H-pyrrole nitrogens is 1. The van der Waals surface area contributed by atoms with Gasteiger partial charge in [-0.05, 0) is 6.92 Å². The van der Waals surface area contributed by atoms with Crippen molar-refractivity contribution in [2.75, 3.05) is 6.61 Å². The first-order valence-corrected chi connectivity index (χ1v) is 6.39. The molecule has 1 atom stereocenters. The monoisotopic (exact) mass is 307 g/mol. The standard InChI is InChI=1S/C12H13N5O5/c1-5-3-16-7-8(15(2)12(22)14-9(7)19)13-11(16)17(5)6(4-18)10(20)21/h3,6,18H,4H2,1-2H3,(H,20,21)(H,14,19,22). The maximum absolute atomic E-state index is 12.0. The molecule has 0 saturated heterocycles. The number of fused-ring (bicyclic) bond motifs is 3. The van der Waals surface area contributed by atoms with Crippen LogP contribution in [0.3, 0.4) is 0 Å². The van der Waals surface area contributed by atoms with Gasteiger partial charge in [-0.15, -0.1) is 0 Å². The Morgan fingerprint density at radius 2 is 2.14 bits per heavy atom. The summed E-state index contributed by atoms with van der Waals surface area (Å²) < 4.78 is 3.89. The topological polar surface area (TPSA) is 135 Å². The Labute approximate surface area is 121 Å². The van der Waals surface area contributed by atoms with E-state index >= 15 is 0 Å². The average molecular weight is 307 g/mol. The first-order chi connectivity index (χ1) is 10.4. The SMILES string of the molecule is Cc1cn2c3c(=O)[nH]c(=O)n(C)c3nc2n1C(CO)C(=O)O. The zero-order valence-corrected chi connectivity index (χ0v) is 11.8. The number of aliphatic carboxylic acids is 1. The fourth-order valence-corrected chi connectivity index (χ4v) is 2.54. The van der Waals surface area contributed by atoms with Crippen LogP contribution in [0.5, 0.6) is 0 Å². The summed E-state index contributed by atoms with van der Waals surface area (Å²) in [6.45, 7) is 1.02. The van der Waals surface area contributed by atoms with Gasteiger partial charge in [-0.25, -0.2) is 9.59 Å². The predicted octanol–water partition coefficient (Wildman–Crippen LogP) is -1.40. The first kappa shape index (κ1) is 14.1. The van der Waals surface area contributed by atoms with Crippen molar-refractivity contribution in [1.82, 2.24) is 23.5 Å². The molecule has 1 unspecified atom stereocenters. The molecule has 0 aliphatic rings. The first-order valence-electron chi connectivity index (χ1n) is 6.39. The second kappa shape index (κ2) is 4.56. The van der Waals surface area contributed by atoms with Crippen LogP contribution in [0, 0.1) is 6.92 Å². The van der Waals surface area contributed by atoms with Gasteiger partial charge in [0.05, 0.1) is 6.61 Å². The minimum absolute atomic E-state index is 0.138. The van der Waals surface area contributed by atoms with E-state index in [2.05, 4.69) is 9.97 Å². The molecule has 0 bridgehead atoms. The number of aromatic amines is 1. The Morgan fingerprint density at radius 1 is 1.45 bits per heavy atom. The van der Waals surface area contributed by atoms with Gasteiger partial charge >= 0.3 is 11.7 Å². The van der Waals surface area contributed by atoms with E-state index in [1.165, 1.54) is 22.2 Å². The molecule has 0 aliphatic heterocycles. The number of hydrogen-bond donors (Lipinski definition) is 3. The molecule has 3 aromatic rings. The lowest BCUT2D eigenvalue weighted by atomic mass is 10.3. The number of carboxylic acids is 1.